The Hall–Kier alpha value is -1.24. The van der Waals surface area contributed by atoms with Crippen molar-refractivity contribution in [1.29, 1.82) is 5.26 Å². The third kappa shape index (κ3) is 1.75. The zero-order chi connectivity index (χ0) is 11.7. The lowest BCUT2D eigenvalue weighted by atomic mass is 10.3. The summed E-state index contributed by atoms with van der Waals surface area (Å²) in [5.74, 6) is 0.870. The lowest BCUT2D eigenvalue weighted by Crippen LogP contribution is -2.00. The Bertz CT molecular complexity index is 581. The van der Waals surface area contributed by atoms with Gasteiger partial charge in [-0.25, -0.2) is 4.98 Å². The zero-order valence-electron chi connectivity index (χ0n) is 8.67. The van der Waals surface area contributed by atoms with Crippen LogP contribution in [0.3, 0.4) is 0 Å². The van der Waals surface area contributed by atoms with Crippen LogP contribution in [0.5, 0.6) is 0 Å². The highest BCUT2D eigenvalue weighted by molar-refractivity contribution is 6.42. The first kappa shape index (κ1) is 11.3. The lowest BCUT2D eigenvalue weighted by molar-refractivity contribution is 0.776. The Kier molecular flexibility index (Phi) is 3.04. The van der Waals surface area contributed by atoms with Crippen LogP contribution < -0.4 is 0 Å². The van der Waals surface area contributed by atoms with Gasteiger partial charge in [-0.1, -0.05) is 30.1 Å². The van der Waals surface area contributed by atoms with E-state index in [4.69, 9.17) is 28.5 Å². The molecule has 16 heavy (non-hydrogen) atoms. The van der Waals surface area contributed by atoms with Crippen LogP contribution in [-0.4, -0.2) is 9.55 Å². The topological polar surface area (TPSA) is 41.6 Å². The second kappa shape index (κ2) is 4.32. The maximum atomic E-state index is 8.78. The second-order valence-corrected chi connectivity index (χ2v) is 4.20. The third-order valence-electron chi connectivity index (χ3n) is 2.41. The molecule has 0 saturated carbocycles. The number of hydrogen-bond donors (Lipinski definition) is 0. The molecule has 0 N–H and O–H groups in total. The van der Waals surface area contributed by atoms with E-state index in [2.05, 4.69) is 11.1 Å². The van der Waals surface area contributed by atoms with Crippen molar-refractivity contribution in [3.05, 3.63) is 28.0 Å². The van der Waals surface area contributed by atoms with Crippen LogP contribution in [0.15, 0.2) is 12.1 Å². The van der Waals surface area contributed by atoms with Crippen LogP contribution in [0.4, 0.5) is 0 Å². The second-order valence-electron chi connectivity index (χ2n) is 3.38. The van der Waals surface area contributed by atoms with Gasteiger partial charge in [-0.3, -0.25) is 0 Å². The SMILES string of the molecule is CCc1nc2cc(Cl)c(Cl)cc2n1CC#N. The first-order valence-electron chi connectivity index (χ1n) is 4.88. The average molecular weight is 254 g/mol. The zero-order valence-corrected chi connectivity index (χ0v) is 10.2. The number of nitriles is 1. The Morgan fingerprint density at radius 1 is 1.38 bits per heavy atom. The van der Waals surface area contributed by atoms with E-state index in [1.807, 2.05) is 11.5 Å². The van der Waals surface area contributed by atoms with E-state index in [1.54, 1.807) is 12.1 Å². The molecule has 2 aromatic rings. The van der Waals surface area contributed by atoms with E-state index in [0.717, 1.165) is 23.3 Å². The predicted octanol–water partition coefficient (Wildman–Crippen LogP) is 3.43. The molecule has 1 aromatic heterocycles. The largest absolute Gasteiger partial charge is 0.314 e. The Morgan fingerprint density at radius 2 is 2.06 bits per heavy atom. The summed E-state index contributed by atoms with van der Waals surface area (Å²) in [6.07, 6.45) is 0.769. The van der Waals surface area contributed by atoms with Gasteiger partial charge in [-0.2, -0.15) is 5.26 Å². The number of rotatable bonds is 2. The molecule has 0 bridgehead atoms. The molecule has 1 aromatic carbocycles. The number of fused-ring (bicyclic) bond motifs is 1. The van der Waals surface area contributed by atoms with Gasteiger partial charge in [-0.05, 0) is 12.1 Å². The molecule has 0 atom stereocenters. The van der Waals surface area contributed by atoms with Gasteiger partial charge in [0.15, 0.2) is 0 Å². The maximum absolute atomic E-state index is 8.78. The molecular weight excluding hydrogens is 245 g/mol. The van der Waals surface area contributed by atoms with Gasteiger partial charge < -0.3 is 4.57 Å². The number of aromatic nitrogens is 2. The summed E-state index contributed by atoms with van der Waals surface area (Å²) in [6.45, 7) is 2.27. The molecule has 82 valence electrons. The summed E-state index contributed by atoms with van der Waals surface area (Å²) < 4.78 is 1.86. The molecule has 1 heterocycles. The van der Waals surface area contributed by atoms with E-state index in [-0.39, 0.29) is 6.54 Å². The summed E-state index contributed by atoms with van der Waals surface area (Å²) in [7, 11) is 0. The van der Waals surface area contributed by atoms with Gasteiger partial charge in [0.25, 0.3) is 0 Å². The monoisotopic (exact) mass is 253 g/mol. The molecule has 0 fully saturated rings. The number of halogens is 2. The van der Waals surface area contributed by atoms with Crippen LogP contribution in [0.1, 0.15) is 12.7 Å². The van der Waals surface area contributed by atoms with Crippen molar-refractivity contribution in [3.63, 3.8) is 0 Å². The molecule has 2 rings (SSSR count). The molecule has 3 nitrogen and oxygen atoms in total. The average Bonchev–Trinajstić information content (AvgIpc) is 2.58. The summed E-state index contributed by atoms with van der Waals surface area (Å²) in [5, 5.41) is 9.75. The van der Waals surface area contributed by atoms with Crippen molar-refractivity contribution in [2.45, 2.75) is 19.9 Å². The highest BCUT2D eigenvalue weighted by Crippen LogP contribution is 2.28. The standard InChI is InChI=1S/C11H9Cl2N3/c1-2-11-15-9-5-7(12)8(13)6-10(9)16(11)4-3-14/h5-6H,2,4H2,1H3. The van der Waals surface area contributed by atoms with Gasteiger partial charge in [0, 0.05) is 6.42 Å². The van der Waals surface area contributed by atoms with Gasteiger partial charge in [0.2, 0.25) is 0 Å². The van der Waals surface area contributed by atoms with Gasteiger partial charge >= 0.3 is 0 Å². The molecule has 0 aliphatic heterocycles. The fourth-order valence-electron chi connectivity index (χ4n) is 1.69. The van der Waals surface area contributed by atoms with Crippen molar-refractivity contribution in [3.8, 4) is 6.07 Å². The van der Waals surface area contributed by atoms with Crippen LogP contribution in [0.2, 0.25) is 10.0 Å². The smallest absolute Gasteiger partial charge is 0.111 e. The fourth-order valence-corrected chi connectivity index (χ4v) is 2.00. The van der Waals surface area contributed by atoms with E-state index < -0.39 is 0 Å². The molecule has 0 unspecified atom stereocenters. The molecule has 0 radical (unpaired) electrons. The van der Waals surface area contributed by atoms with E-state index in [9.17, 15) is 0 Å². The first-order chi connectivity index (χ1) is 7.67. The Balaban J connectivity index is 2.75. The van der Waals surface area contributed by atoms with Crippen LogP contribution in [0, 0.1) is 11.3 Å². The van der Waals surface area contributed by atoms with E-state index >= 15 is 0 Å². The Morgan fingerprint density at radius 3 is 2.69 bits per heavy atom. The maximum Gasteiger partial charge on any atom is 0.111 e. The fraction of sp³-hybridized carbons (Fsp3) is 0.273. The van der Waals surface area contributed by atoms with Gasteiger partial charge in [0.1, 0.15) is 12.4 Å². The minimum atomic E-state index is 0.275. The summed E-state index contributed by atoms with van der Waals surface area (Å²) in [5.41, 5.74) is 1.63. The van der Waals surface area contributed by atoms with E-state index in [1.165, 1.54) is 0 Å². The number of hydrogen-bond acceptors (Lipinski definition) is 2. The summed E-state index contributed by atoms with van der Waals surface area (Å²) >= 11 is 11.9. The van der Waals surface area contributed by atoms with Gasteiger partial charge in [0.05, 0.1) is 27.1 Å². The summed E-state index contributed by atoms with van der Waals surface area (Å²) in [4.78, 5) is 4.42. The first-order valence-corrected chi connectivity index (χ1v) is 5.64. The quantitative estimate of drug-likeness (QED) is 0.823. The normalized spacial score (nSPS) is 10.6. The van der Waals surface area contributed by atoms with Crippen LogP contribution in [0.25, 0.3) is 11.0 Å². The van der Waals surface area contributed by atoms with Crippen molar-refractivity contribution >= 4 is 34.2 Å². The number of imidazole rings is 1. The molecule has 0 saturated heterocycles. The lowest BCUT2D eigenvalue weighted by Gasteiger charge is -2.02. The highest BCUT2D eigenvalue weighted by Gasteiger charge is 2.11. The highest BCUT2D eigenvalue weighted by atomic mass is 35.5. The molecule has 0 amide bonds. The Labute approximate surface area is 103 Å². The molecule has 0 aliphatic carbocycles. The van der Waals surface area contributed by atoms with Crippen molar-refractivity contribution in [2.24, 2.45) is 0 Å². The van der Waals surface area contributed by atoms with Crippen LogP contribution >= 0.6 is 23.2 Å². The molecule has 5 heteroatoms. The predicted molar refractivity (Wildman–Crippen MR) is 64.7 cm³/mol. The minimum Gasteiger partial charge on any atom is -0.314 e. The van der Waals surface area contributed by atoms with Crippen LogP contribution in [-0.2, 0) is 13.0 Å². The molecular formula is C11H9Cl2N3. The number of aryl methyl sites for hydroxylation is 1. The van der Waals surface area contributed by atoms with Gasteiger partial charge in [-0.15, -0.1) is 0 Å². The molecule has 0 aliphatic rings. The van der Waals surface area contributed by atoms with Crippen molar-refractivity contribution < 1.29 is 0 Å². The van der Waals surface area contributed by atoms with E-state index in [0.29, 0.717) is 10.0 Å². The summed E-state index contributed by atoms with van der Waals surface area (Å²) in [6, 6.07) is 5.60. The van der Waals surface area contributed by atoms with Crippen molar-refractivity contribution in [2.75, 3.05) is 0 Å². The molecule has 0 spiro atoms. The van der Waals surface area contributed by atoms with Crippen molar-refractivity contribution in [1.82, 2.24) is 9.55 Å². The third-order valence-corrected chi connectivity index (χ3v) is 3.14. The number of nitrogens with zero attached hydrogens (tertiary/aromatic N) is 3. The number of benzene rings is 1. The minimum absolute atomic E-state index is 0.275.